The van der Waals surface area contributed by atoms with Gasteiger partial charge >= 0.3 is 0 Å². The Morgan fingerprint density at radius 1 is 1.20 bits per heavy atom. The van der Waals surface area contributed by atoms with Crippen LogP contribution in [0.2, 0.25) is 5.02 Å². The number of anilines is 1. The van der Waals surface area contributed by atoms with Crippen LogP contribution in [0, 0.1) is 6.92 Å². The lowest BCUT2D eigenvalue weighted by Gasteiger charge is -2.15. The highest BCUT2D eigenvalue weighted by molar-refractivity contribution is 6.30. The van der Waals surface area contributed by atoms with Crippen LogP contribution in [0.15, 0.2) is 47.4 Å². The van der Waals surface area contributed by atoms with Crippen LogP contribution in [-0.2, 0) is 4.79 Å². The van der Waals surface area contributed by atoms with Crippen LogP contribution in [0.1, 0.15) is 18.5 Å². The van der Waals surface area contributed by atoms with Gasteiger partial charge in [0.15, 0.2) is 0 Å². The Morgan fingerprint density at radius 2 is 1.85 bits per heavy atom. The molecule has 0 aliphatic heterocycles. The van der Waals surface area contributed by atoms with E-state index in [1.807, 2.05) is 6.92 Å². The smallest absolute Gasteiger partial charge is 0.251 e. The zero-order valence-corrected chi connectivity index (χ0v) is 12.0. The number of carbonyl (C=O) groups excluding carboxylic acids is 1. The van der Waals surface area contributed by atoms with Crippen molar-refractivity contribution in [3.05, 3.63) is 63.5 Å². The fourth-order valence-corrected chi connectivity index (χ4v) is 1.95. The fourth-order valence-electron chi connectivity index (χ4n) is 1.82. The predicted molar refractivity (Wildman–Crippen MR) is 80.2 cm³/mol. The van der Waals surface area contributed by atoms with E-state index in [4.69, 9.17) is 11.6 Å². The lowest BCUT2D eigenvalue weighted by molar-refractivity contribution is -0.118. The van der Waals surface area contributed by atoms with Gasteiger partial charge in [-0.05, 0) is 43.7 Å². The number of nitrogens with one attached hydrogen (secondary N) is 1. The quantitative estimate of drug-likeness (QED) is 0.945. The van der Waals surface area contributed by atoms with E-state index in [2.05, 4.69) is 5.32 Å². The molecule has 1 heterocycles. The van der Waals surface area contributed by atoms with E-state index in [1.165, 1.54) is 10.6 Å². The Bertz CT molecular complexity index is 677. The predicted octanol–water partition coefficient (Wildman–Crippen LogP) is 3.01. The minimum absolute atomic E-state index is 0.200. The molecule has 1 aromatic heterocycles. The van der Waals surface area contributed by atoms with Gasteiger partial charge in [-0.15, -0.1) is 0 Å². The SMILES string of the molecule is Cc1ccc(=O)n(C(C)C(=O)Nc2ccc(Cl)cc2)c1. The van der Waals surface area contributed by atoms with Crippen molar-refractivity contribution in [1.29, 1.82) is 0 Å². The molecule has 2 rings (SSSR count). The summed E-state index contributed by atoms with van der Waals surface area (Å²) in [7, 11) is 0. The third kappa shape index (κ3) is 3.27. The number of carbonyl (C=O) groups is 1. The number of halogens is 1. The van der Waals surface area contributed by atoms with Gasteiger partial charge in [0.25, 0.3) is 5.56 Å². The van der Waals surface area contributed by atoms with Crippen molar-refractivity contribution in [2.24, 2.45) is 0 Å². The number of pyridine rings is 1. The molecule has 1 aromatic carbocycles. The Morgan fingerprint density at radius 3 is 2.50 bits per heavy atom. The van der Waals surface area contributed by atoms with E-state index >= 15 is 0 Å². The van der Waals surface area contributed by atoms with E-state index in [0.717, 1.165) is 5.56 Å². The largest absolute Gasteiger partial charge is 0.324 e. The number of nitrogens with zero attached hydrogens (tertiary/aromatic N) is 1. The molecular weight excluding hydrogens is 276 g/mol. The number of aryl methyl sites for hydroxylation is 1. The van der Waals surface area contributed by atoms with Crippen LogP contribution >= 0.6 is 11.6 Å². The van der Waals surface area contributed by atoms with Crippen molar-refractivity contribution in [2.75, 3.05) is 5.32 Å². The molecule has 1 unspecified atom stereocenters. The molecule has 0 aliphatic rings. The maximum atomic E-state index is 12.2. The Kier molecular flexibility index (Phi) is 4.25. The molecule has 5 heteroatoms. The van der Waals surface area contributed by atoms with Crippen LogP contribution in [0.3, 0.4) is 0 Å². The van der Waals surface area contributed by atoms with Gasteiger partial charge in [0.2, 0.25) is 5.91 Å². The molecule has 1 N–H and O–H groups in total. The van der Waals surface area contributed by atoms with Crippen molar-refractivity contribution < 1.29 is 4.79 Å². The highest BCUT2D eigenvalue weighted by Crippen LogP contribution is 2.15. The van der Waals surface area contributed by atoms with Crippen molar-refractivity contribution in [3.8, 4) is 0 Å². The second-order valence-corrected chi connectivity index (χ2v) is 5.06. The summed E-state index contributed by atoms with van der Waals surface area (Å²) in [5.74, 6) is -0.250. The number of benzene rings is 1. The van der Waals surface area contributed by atoms with E-state index in [9.17, 15) is 9.59 Å². The topological polar surface area (TPSA) is 51.1 Å². The zero-order valence-electron chi connectivity index (χ0n) is 11.3. The second kappa shape index (κ2) is 5.92. The lowest BCUT2D eigenvalue weighted by Crippen LogP contribution is -2.31. The van der Waals surface area contributed by atoms with Gasteiger partial charge in [-0.2, -0.15) is 0 Å². The standard InChI is InChI=1S/C15H15ClN2O2/c1-10-3-8-14(19)18(9-10)11(2)15(20)17-13-6-4-12(16)5-7-13/h3-9,11H,1-2H3,(H,17,20). The molecule has 0 bridgehead atoms. The first-order chi connectivity index (χ1) is 9.47. The summed E-state index contributed by atoms with van der Waals surface area (Å²) in [6.07, 6.45) is 1.68. The average Bonchev–Trinajstić information content (AvgIpc) is 2.43. The molecule has 0 saturated heterocycles. The molecule has 1 amide bonds. The molecule has 4 nitrogen and oxygen atoms in total. The summed E-state index contributed by atoms with van der Waals surface area (Å²) < 4.78 is 1.42. The molecular formula is C15H15ClN2O2. The van der Waals surface area contributed by atoms with Gasteiger partial charge in [0.05, 0.1) is 0 Å². The molecule has 2 aromatic rings. The Labute approximate surface area is 122 Å². The molecule has 0 spiro atoms. The first kappa shape index (κ1) is 14.3. The van der Waals surface area contributed by atoms with Gasteiger partial charge in [-0.1, -0.05) is 17.7 Å². The summed E-state index contributed by atoms with van der Waals surface area (Å²) in [6.45, 7) is 3.56. The van der Waals surface area contributed by atoms with Gasteiger partial charge in [-0.3, -0.25) is 9.59 Å². The average molecular weight is 291 g/mol. The third-order valence-corrected chi connectivity index (χ3v) is 3.25. The maximum Gasteiger partial charge on any atom is 0.251 e. The summed E-state index contributed by atoms with van der Waals surface area (Å²) in [6, 6.07) is 9.42. The maximum absolute atomic E-state index is 12.2. The Hall–Kier alpha value is -2.07. The van der Waals surface area contributed by atoms with Crippen molar-refractivity contribution in [3.63, 3.8) is 0 Å². The van der Waals surface area contributed by atoms with E-state index < -0.39 is 6.04 Å². The van der Waals surface area contributed by atoms with E-state index in [1.54, 1.807) is 43.5 Å². The lowest BCUT2D eigenvalue weighted by atomic mass is 10.2. The van der Waals surface area contributed by atoms with E-state index in [0.29, 0.717) is 10.7 Å². The third-order valence-electron chi connectivity index (χ3n) is 2.99. The van der Waals surface area contributed by atoms with Gasteiger partial charge in [0.1, 0.15) is 6.04 Å². The van der Waals surface area contributed by atoms with Crippen molar-refractivity contribution in [2.45, 2.75) is 19.9 Å². The number of aromatic nitrogens is 1. The Balaban J connectivity index is 2.18. The molecule has 20 heavy (non-hydrogen) atoms. The van der Waals surface area contributed by atoms with Crippen LogP contribution in [-0.4, -0.2) is 10.5 Å². The molecule has 104 valence electrons. The van der Waals surface area contributed by atoms with Gasteiger partial charge in [0, 0.05) is 23.0 Å². The first-order valence-electron chi connectivity index (χ1n) is 6.22. The number of hydrogen-bond acceptors (Lipinski definition) is 2. The fraction of sp³-hybridized carbons (Fsp3) is 0.200. The van der Waals surface area contributed by atoms with Gasteiger partial charge in [-0.25, -0.2) is 0 Å². The van der Waals surface area contributed by atoms with Crippen molar-refractivity contribution in [1.82, 2.24) is 4.57 Å². The summed E-state index contributed by atoms with van der Waals surface area (Å²) in [4.78, 5) is 23.9. The summed E-state index contributed by atoms with van der Waals surface area (Å²) in [5.41, 5.74) is 1.37. The van der Waals surface area contributed by atoms with Crippen LogP contribution in [0.5, 0.6) is 0 Å². The minimum Gasteiger partial charge on any atom is -0.324 e. The number of amides is 1. The van der Waals surface area contributed by atoms with Crippen molar-refractivity contribution >= 4 is 23.2 Å². The number of hydrogen-bond donors (Lipinski definition) is 1. The molecule has 0 radical (unpaired) electrons. The minimum atomic E-state index is -0.585. The molecule has 0 aliphatic carbocycles. The zero-order chi connectivity index (χ0) is 14.7. The normalized spacial score (nSPS) is 11.9. The highest BCUT2D eigenvalue weighted by Gasteiger charge is 2.16. The molecule has 1 atom stereocenters. The molecule has 0 saturated carbocycles. The monoisotopic (exact) mass is 290 g/mol. The second-order valence-electron chi connectivity index (χ2n) is 4.62. The van der Waals surface area contributed by atoms with E-state index in [-0.39, 0.29) is 11.5 Å². The highest BCUT2D eigenvalue weighted by atomic mass is 35.5. The summed E-state index contributed by atoms with van der Waals surface area (Å²) >= 11 is 5.79. The van der Waals surface area contributed by atoms with Crippen LogP contribution in [0.4, 0.5) is 5.69 Å². The molecule has 0 fully saturated rings. The summed E-state index contributed by atoms with van der Waals surface area (Å²) in [5, 5.41) is 3.36. The van der Waals surface area contributed by atoms with Crippen LogP contribution in [0.25, 0.3) is 0 Å². The number of rotatable bonds is 3. The van der Waals surface area contributed by atoms with Gasteiger partial charge < -0.3 is 9.88 Å². The first-order valence-corrected chi connectivity index (χ1v) is 6.60. The van der Waals surface area contributed by atoms with Crippen LogP contribution < -0.4 is 10.9 Å².